The number of carbonyl (C=O) groups is 1. The van der Waals surface area contributed by atoms with Crippen molar-refractivity contribution in [3.8, 4) is 0 Å². The van der Waals surface area contributed by atoms with E-state index in [0.717, 1.165) is 34.2 Å². The van der Waals surface area contributed by atoms with Gasteiger partial charge >= 0.3 is 0 Å². The molecule has 0 aliphatic heterocycles. The van der Waals surface area contributed by atoms with Gasteiger partial charge in [-0.2, -0.15) is 0 Å². The number of aromatic nitrogens is 3. The molecule has 0 fully saturated rings. The van der Waals surface area contributed by atoms with Crippen LogP contribution in [0.2, 0.25) is 0 Å². The van der Waals surface area contributed by atoms with Crippen molar-refractivity contribution in [1.29, 1.82) is 0 Å². The van der Waals surface area contributed by atoms with E-state index in [9.17, 15) is 4.79 Å². The highest BCUT2D eigenvalue weighted by atomic mass is 32.2. The zero-order chi connectivity index (χ0) is 19.4. The van der Waals surface area contributed by atoms with Crippen LogP contribution in [0.5, 0.6) is 0 Å². The van der Waals surface area contributed by atoms with Crippen LogP contribution in [0.1, 0.15) is 41.6 Å². The fraction of sp³-hybridized carbons (Fsp3) is 0.350. The van der Waals surface area contributed by atoms with Gasteiger partial charge in [0, 0.05) is 24.0 Å². The van der Waals surface area contributed by atoms with Gasteiger partial charge in [0.2, 0.25) is 5.91 Å². The van der Waals surface area contributed by atoms with Crippen molar-refractivity contribution >= 4 is 34.7 Å². The van der Waals surface area contributed by atoms with Gasteiger partial charge in [0.1, 0.15) is 5.82 Å². The van der Waals surface area contributed by atoms with Crippen LogP contribution in [-0.4, -0.2) is 26.4 Å². The summed E-state index contributed by atoms with van der Waals surface area (Å²) in [6, 6.07) is 10.2. The fourth-order valence-corrected chi connectivity index (χ4v) is 4.27. The molecule has 0 atom stereocenters. The van der Waals surface area contributed by atoms with Gasteiger partial charge in [0.05, 0.1) is 5.75 Å². The molecule has 0 aliphatic carbocycles. The molecule has 0 bridgehead atoms. The summed E-state index contributed by atoms with van der Waals surface area (Å²) in [5, 5.41) is 14.4. The van der Waals surface area contributed by atoms with Crippen LogP contribution in [0.15, 0.2) is 40.9 Å². The second-order valence-corrected chi connectivity index (χ2v) is 8.72. The molecule has 0 unspecified atom stereocenters. The summed E-state index contributed by atoms with van der Waals surface area (Å²) in [6.45, 7) is 6.29. The lowest BCUT2D eigenvalue weighted by Crippen LogP contribution is -2.17. The molecule has 0 saturated carbocycles. The highest BCUT2D eigenvalue weighted by Crippen LogP contribution is 2.28. The molecule has 0 aliphatic rings. The van der Waals surface area contributed by atoms with Gasteiger partial charge in [-0.15, -0.1) is 21.5 Å². The summed E-state index contributed by atoms with van der Waals surface area (Å²) in [5.74, 6) is 1.53. The molecule has 1 amide bonds. The number of aryl methyl sites for hydroxylation is 1. The first-order valence-electron chi connectivity index (χ1n) is 8.88. The van der Waals surface area contributed by atoms with E-state index < -0.39 is 0 Å². The van der Waals surface area contributed by atoms with Gasteiger partial charge in [0.25, 0.3) is 0 Å². The Morgan fingerprint density at radius 1 is 1.26 bits per heavy atom. The molecular weight excluding hydrogens is 376 g/mol. The third-order valence-electron chi connectivity index (χ3n) is 4.36. The number of para-hydroxylation sites is 1. The number of thiophene rings is 1. The topological polar surface area (TPSA) is 59.8 Å². The summed E-state index contributed by atoms with van der Waals surface area (Å²) in [5.41, 5.74) is 3.16. The van der Waals surface area contributed by atoms with E-state index in [1.807, 2.05) is 36.7 Å². The number of nitrogens with zero attached hydrogens (tertiary/aromatic N) is 3. The lowest BCUT2D eigenvalue weighted by molar-refractivity contribution is -0.113. The van der Waals surface area contributed by atoms with Crippen molar-refractivity contribution in [3.63, 3.8) is 0 Å². The maximum atomic E-state index is 12.5. The monoisotopic (exact) mass is 400 g/mol. The minimum absolute atomic E-state index is 0.0287. The zero-order valence-corrected chi connectivity index (χ0v) is 17.7. The summed E-state index contributed by atoms with van der Waals surface area (Å²) in [6.07, 6.45) is 0.759. The molecule has 0 saturated heterocycles. The zero-order valence-electron chi connectivity index (χ0n) is 16.0. The Morgan fingerprint density at radius 3 is 2.78 bits per heavy atom. The summed E-state index contributed by atoms with van der Waals surface area (Å²) >= 11 is 3.12. The average molecular weight is 401 g/mol. The van der Waals surface area contributed by atoms with Gasteiger partial charge in [0.15, 0.2) is 5.16 Å². The Balaban J connectivity index is 1.63. The van der Waals surface area contributed by atoms with Crippen molar-refractivity contribution in [3.05, 3.63) is 57.5 Å². The van der Waals surface area contributed by atoms with E-state index >= 15 is 0 Å². The van der Waals surface area contributed by atoms with Crippen molar-refractivity contribution in [1.82, 2.24) is 14.8 Å². The quantitative estimate of drug-likeness (QED) is 0.588. The third-order valence-corrected chi connectivity index (χ3v) is 6.26. The molecule has 142 valence electrons. The van der Waals surface area contributed by atoms with Crippen LogP contribution in [-0.2, 0) is 18.3 Å². The number of anilines is 1. The molecule has 3 rings (SSSR count). The Bertz CT molecular complexity index is 916. The summed E-state index contributed by atoms with van der Waals surface area (Å²) < 4.78 is 1.96. The lowest BCUT2D eigenvalue weighted by atomic mass is 9.98. The molecule has 1 N–H and O–H groups in total. The normalized spacial score (nSPS) is 11.1. The predicted octanol–water partition coefficient (Wildman–Crippen LogP) is 4.63. The minimum atomic E-state index is -0.0287. The number of hydrogen-bond acceptors (Lipinski definition) is 5. The minimum Gasteiger partial charge on any atom is -0.325 e. The van der Waals surface area contributed by atoms with E-state index in [1.54, 1.807) is 11.3 Å². The summed E-state index contributed by atoms with van der Waals surface area (Å²) in [7, 11) is 1.95. The highest BCUT2D eigenvalue weighted by molar-refractivity contribution is 7.99. The number of amides is 1. The molecule has 5 nitrogen and oxygen atoms in total. The largest absolute Gasteiger partial charge is 0.325 e. The molecule has 2 heterocycles. The van der Waals surface area contributed by atoms with E-state index in [4.69, 9.17) is 0 Å². The van der Waals surface area contributed by atoms with E-state index in [-0.39, 0.29) is 5.91 Å². The standard InChI is InChI=1S/C20H24N4OS2/c1-13(2)16-9-5-7-14(3)19(16)21-18(25)12-27-20-23-22-17(24(20)4)11-15-8-6-10-26-15/h5-10,13H,11-12H2,1-4H3,(H,21,25). The second kappa shape index (κ2) is 8.71. The van der Waals surface area contributed by atoms with Crippen LogP contribution in [0.3, 0.4) is 0 Å². The molecule has 7 heteroatoms. The third kappa shape index (κ3) is 4.78. The smallest absolute Gasteiger partial charge is 0.234 e. The summed E-state index contributed by atoms with van der Waals surface area (Å²) in [4.78, 5) is 13.8. The molecular formula is C20H24N4OS2. The van der Waals surface area contributed by atoms with Gasteiger partial charge < -0.3 is 9.88 Å². The van der Waals surface area contributed by atoms with Crippen LogP contribution in [0, 0.1) is 6.92 Å². The highest BCUT2D eigenvalue weighted by Gasteiger charge is 2.15. The molecule has 3 aromatic rings. The Labute approximate surface area is 168 Å². The number of carbonyl (C=O) groups excluding carboxylic acids is 1. The molecule has 0 spiro atoms. The fourth-order valence-electron chi connectivity index (χ4n) is 2.84. The van der Waals surface area contributed by atoms with E-state index in [1.165, 1.54) is 16.6 Å². The predicted molar refractivity (Wildman–Crippen MR) is 113 cm³/mol. The molecule has 1 aromatic carbocycles. The first-order valence-corrected chi connectivity index (χ1v) is 10.7. The van der Waals surface area contributed by atoms with Crippen LogP contribution < -0.4 is 5.32 Å². The lowest BCUT2D eigenvalue weighted by Gasteiger charge is -2.16. The van der Waals surface area contributed by atoms with Gasteiger partial charge in [-0.3, -0.25) is 4.79 Å². The van der Waals surface area contributed by atoms with Gasteiger partial charge in [-0.05, 0) is 35.4 Å². The van der Waals surface area contributed by atoms with Crippen molar-refractivity contribution in [2.24, 2.45) is 7.05 Å². The maximum Gasteiger partial charge on any atom is 0.234 e. The molecule has 0 radical (unpaired) electrons. The number of thioether (sulfide) groups is 1. The van der Waals surface area contributed by atoms with Crippen molar-refractivity contribution < 1.29 is 4.79 Å². The van der Waals surface area contributed by atoms with Crippen LogP contribution >= 0.6 is 23.1 Å². The molecule has 2 aromatic heterocycles. The Hall–Kier alpha value is -2.12. The van der Waals surface area contributed by atoms with E-state index in [2.05, 4.69) is 46.9 Å². The number of hydrogen-bond donors (Lipinski definition) is 1. The van der Waals surface area contributed by atoms with Gasteiger partial charge in [-0.1, -0.05) is 49.9 Å². The van der Waals surface area contributed by atoms with Crippen molar-refractivity contribution in [2.45, 2.75) is 38.3 Å². The number of nitrogens with one attached hydrogen (secondary N) is 1. The van der Waals surface area contributed by atoms with Crippen LogP contribution in [0.4, 0.5) is 5.69 Å². The number of rotatable bonds is 7. The SMILES string of the molecule is Cc1cccc(C(C)C)c1NC(=O)CSc1nnc(Cc2cccs2)n1C. The van der Waals surface area contributed by atoms with Crippen LogP contribution in [0.25, 0.3) is 0 Å². The Morgan fingerprint density at radius 2 is 2.07 bits per heavy atom. The average Bonchev–Trinajstić information content (AvgIpc) is 3.26. The Kier molecular flexibility index (Phi) is 6.34. The molecule has 27 heavy (non-hydrogen) atoms. The van der Waals surface area contributed by atoms with Crippen molar-refractivity contribution in [2.75, 3.05) is 11.1 Å². The first-order chi connectivity index (χ1) is 13.0. The van der Waals surface area contributed by atoms with E-state index in [0.29, 0.717) is 11.7 Å². The maximum absolute atomic E-state index is 12.5. The van der Waals surface area contributed by atoms with Gasteiger partial charge in [-0.25, -0.2) is 0 Å². The second-order valence-electron chi connectivity index (χ2n) is 6.74. The number of benzene rings is 1. The first kappa shape index (κ1) is 19.6.